The molecule has 8 heteroatoms. The highest BCUT2D eigenvalue weighted by Gasteiger charge is 2.58. The summed E-state index contributed by atoms with van der Waals surface area (Å²) in [5, 5.41) is 6.59. The molecule has 3 aliphatic carbocycles. The van der Waals surface area contributed by atoms with E-state index in [1.165, 1.54) is 43.4 Å². The highest BCUT2D eigenvalue weighted by atomic mass is 127. The number of nitrogens with one attached hydrogen (secondary N) is 2. The van der Waals surface area contributed by atoms with E-state index in [2.05, 4.69) is 27.8 Å². The van der Waals surface area contributed by atoms with Crippen LogP contribution in [0.3, 0.4) is 0 Å². The van der Waals surface area contributed by atoms with Crippen LogP contribution in [0, 0.1) is 23.7 Å². The molecule has 4 unspecified atom stereocenters. The molecule has 2 N–H and O–H groups in total. The number of allylic oxidation sites excluding steroid dienone is 2. The Bertz CT molecular complexity index is 675. The number of imide groups is 1. The number of nitrogens with zero attached hydrogens (tertiary/aromatic N) is 2. The molecule has 0 aromatic carbocycles. The first-order valence-corrected chi connectivity index (χ1v) is 12.4. The molecule has 3 fully saturated rings. The van der Waals surface area contributed by atoms with E-state index in [0.29, 0.717) is 32.2 Å². The van der Waals surface area contributed by atoms with Gasteiger partial charge < -0.3 is 15.4 Å². The number of hydrogen-bond donors (Lipinski definition) is 2. The second kappa shape index (κ2) is 12.3. The number of ether oxygens (including phenoxy) is 1. The Kier molecular flexibility index (Phi) is 9.82. The van der Waals surface area contributed by atoms with Crippen molar-refractivity contribution < 1.29 is 14.3 Å². The zero-order valence-electron chi connectivity index (χ0n) is 19.3. The minimum Gasteiger partial charge on any atom is -0.376 e. The van der Waals surface area contributed by atoms with Crippen molar-refractivity contribution in [3.63, 3.8) is 0 Å². The van der Waals surface area contributed by atoms with Gasteiger partial charge in [0.15, 0.2) is 5.96 Å². The lowest BCUT2D eigenvalue weighted by atomic mass is 9.85. The van der Waals surface area contributed by atoms with Crippen LogP contribution in [0.25, 0.3) is 0 Å². The Morgan fingerprint density at radius 1 is 1.06 bits per heavy atom. The molecule has 4 rings (SSSR count). The Morgan fingerprint density at radius 2 is 1.72 bits per heavy atom. The van der Waals surface area contributed by atoms with Crippen molar-refractivity contribution in [2.75, 3.05) is 32.8 Å². The predicted octanol–water partition coefficient (Wildman–Crippen LogP) is 3.10. The summed E-state index contributed by atoms with van der Waals surface area (Å²) in [5.41, 5.74) is 0. The fourth-order valence-electron chi connectivity index (χ4n) is 5.75. The average molecular weight is 559 g/mol. The molecule has 1 saturated heterocycles. The minimum absolute atomic E-state index is 0. The zero-order chi connectivity index (χ0) is 21.6. The number of carbonyl (C=O) groups excluding carboxylic acids is 2. The number of rotatable bonds is 9. The average Bonchev–Trinajstić information content (AvgIpc) is 3.37. The van der Waals surface area contributed by atoms with Gasteiger partial charge in [0.25, 0.3) is 0 Å². The Balaban J connectivity index is 0.00000289. The van der Waals surface area contributed by atoms with E-state index < -0.39 is 0 Å². The molecule has 4 aliphatic rings. The van der Waals surface area contributed by atoms with Crippen LogP contribution in [0.5, 0.6) is 0 Å². The van der Waals surface area contributed by atoms with Crippen LogP contribution in [0.2, 0.25) is 0 Å². The van der Waals surface area contributed by atoms with Crippen LogP contribution in [-0.4, -0.2) is 61.6 Å². The van der Waals surface area contributed by atoms with Crippen molar-refractivity contribution in [2.45, 2.75) is 64.4 Å². The summed E-state index contributed by atoms with van der Waals surface area (Å²) in [6.45, 7) is 5.29. The number of halogens is 1. The van der Waals surface area contributed by atoms with Crippen LogP contribution in [-0.2, 0) is 14.3 Å². The number of aliphatic imine (C=N–C) groups is 1. The smallest absolute Gasteiger partial charge is 0.233 e. The molecule has 4 atom stereocenters. The predicted molar refractivity (Wildman–Crippen MR) is 136 cm³/mol. The third kappa shape index (κ3) is 5.85. The number of fused-ring (bicyclic) bond motifs is 5. The van der Waals surface area contributed by atoms with Crippen molar-refractivity contribution in [1.82, 2.24) is 15.5 Å². The second-order valence-corrected chi connectivity index (χ2v) is 9.35. The SMILES string of the molecule is CCNC(=NCCCN1C(=O)C2C3C=CC(C3)C2C1=O)NCCOC1CCCCCC1.I. The number of amides is 2. The van der Waals surface area contributed by atoms with Gasteiger partial charge in [0.05, 0.1) is 24.5 Å². The Morgan fingerprint density at radius 3 is 2.34 bits per heavy atom. The molecule has 180 valence electrons. The normalized spacial score (nSPS) is 29.8. The summed E-state index contributed by atoms with van der Waals surface area (Å²) in [5.74, 6) is 1.20. The minimum atomic E-state index is -0.0987. The van der Waals surface area contributed by atoms with Gasteiger partial charge in [-0.05, 0) is 44.4 Å². The lowest BCUT2D eigenvalue weighted by molar-refractivity contribution is -0.140. The molecular weight excluding hydrogens is 519 g/mol. The first-order chi connectivity index (χ1) is 15.2. The quantitative estimate of drug-likeness (QED) is 0.0865. The van der Waals surface area contributed by atoms with E-state index in [1.807, 2.05) is 6.92 Å². The molecule has 0 aromatic rings. The maximum Gasteiger partial charge on any atom is 0.233 e. The van der Waals surface area contributed by atoms with Gasteiger partial charge in [-0.25, -0.2) is 0 Å². The number of carbonyl (C=O) groups is 2. The van der Waals surface area contributed by atoms with Gasteiger partial charge in [-0.1, -0.05) is 37.8 Å². The van der Waals surface area contributed by atoms with E-state index in [1.54, 1.807) is 0 Å². The summed E-state index contributed by atoms with van der Waals surface area (Å²) in [6.07, 6.45) is 14.0. The van der Waals surface area contributed by atoms with Gasteiger partial charge in [-0.2, -0.15) is 0 Å². The summed E-state index contributed by atoms with van der Waals surface area (Å²) in [6, 6.07) is 0. The molecule has 2 amide bonds. The van der Waals surface area contributed by atoms with Gasteiger partial charge in [-0.15, -0.1) is 24.0 Å². The molecule has 0 radical (unpaired) electrons. The van der Waals surface area contributed by atoms with Gasteiger partial charge in [-0.3, -0.25) is 19.5 Å². The van der Waals surface area contributed by atoms with Crippen LogP contribution >= 0.6 is 24.0 Å². The first-order valence-electron chi connectivity index (χ1n) is 12.4. The van der Waals surface area contributed by atoms with Crippen molar-refractivity contribution >= 4 is 41.8 Å². The second-order valence-electron chi connectivity index (χ2n) is 9.35. The lowest BCUT2D eigenvalue weighted by Crippen LogP contribution is -2.39. The standard InChI is InChI=1S/C24H38N4O3.HI/c1-2-25-24(27-13-15-31-19-8-5-3-4-6-9-19)26-12-7-14-28-22(29)20-17-10-11-18(16-17)21(20)23(28)30;/h10-11,17-21H,2-9,12-16H2,1H3,(H2,25,26,27);1H. The van der Waals surface area contributed by atoms with E-state index in [9.17, 15) is 9.59 Å². The van der Waals surface area contributed by atoms with Crippen molar-refractivity contribution in [2.24, 2.45) is 28.7 Å². The molecule has 0 spiro atoms. The van der Waals surface area contributed by atoms with Crippen molar-refractivity contribution in [3.05, 3.63) is 12.2 Å². The molecule has 2 saturated carbocycles. The van der Waals surface area contributed by atoms with E-state index in [4.69, 9.17) is 4.74 Å². The monoisotopic (exact) mass is 558 g/mol. The van der Waals surface area contributed by atoms with Crippen LogP contribution in [0.15, 0.2) is 17.1 Å². The molecule has 2 bridgehead atoms. The van der Waals surface area contributed by atoms with Crippen LogP contribution in [0.4, 0.5) is 0 Å². The fraction of sp³-hybridized carbons (Fsp3) is 0.792. The van der Waals surface area contributed by atoms with Gasteiger partial charge in [0.1, 0.15) is 0 Å². The molecule has 7 nitrogen and oxygen atoms in total. The van der Waals surface area contributed by atoms with E-state index in [0.717, 1.165) is 25.5 Å². The lowest BCUT2D eigenvalue weighted by Gasteiger charge is -2.17. The van der Waals surface area contributed by atoms with Gasteiger partial charge >= 0.3 is 0 Å². The van der Waals surface area contributed by atoms with Gasteiger partial charge in [0.2, 0.25) is 11.8 Å². The number of likely N-dealkylation sites (tertiary alicyclic amines) is 1. The topological polar surface area (TPSA) is 83.0 Å². The molecule has 0 aromatic heterocycles. The largest absolute Gasteiger partial charge is 0.376 e. The fourth-order valence-corrected chi connectivity index (χ4v) is 5.75. The number of hydrogen-bond acceptors (Lipinski definition) is 4. The zero-order valence-corrected chi connectivity index (χ0v) is 21.6. The molecule has 1 aliphatic heterocycles. The highest BCUT2D eigenvalue weighted by molar-refractivity contribution is 14.0. The summed E-state index contributed by atoms with van der Waals surface area (Å²) >= 11 is 0. The third-order valence-electron chi connectivity index (χ3n) is 7.27. The molecule has 32 heavy (non-hydrogen) atoms. The third-order valence-corrected chi connectivity index (χ3v) is 7.27. The summed E-state index contributed by atoms with van der Waals surface area (Å²) < 4.78 is 6.03. The molecule has 1 heterocycles. The summed E-state index contributed by atoms with van der Waals surface area (Å²) in [7, 11) is 0. The molecular formula is C24H39IN4O3. The number of guanidine groups is 1. The maximum absolute atomic E-state index is 12.7. The van der Waals surface area contributed by atoms with Gasteiger partial charge in [0, 0.05) is 26.2 Å². The van der Waals surface area contributed by atoms with Crippen LogP contribution < -0.4 is 10.6 Å². The van der Waals surface area contributed by atoms with Crippen molar-refractivity contribution in [1.29, 1.82) is 0 Å². The van der Waals surface area contributed by atoms with Crippen molar-refractivity contribution in [3.8, 4) is 0 Å². The highest BCUT2D eigenvalue weighted by Crippen LogP contribution is 2.52. The Labute approximate surface area is 209 Å². The van der Waals surface area contributed by atoms with E-state index in [-0.39, 0.29) is 59.5 Å². The Hall–Kier alpha value is -1.16. The maximum atomic E-state index is 12.7. The first kappa shape index (κ1) is 25.5. The summed E-state index contributed by atoms with van der Waals surface area (Å²) in [4.78, 5) is 31.6. The van der Waals surface area contributed by atoms with E-state index >= 15 is 0 Å². The van der Waals surface area contributed by atoms with Crippen LogP contribution in [0.1, 0.15) is 58.3 Å².